The molecular formula is C18H21N3O4. The lowest BCUT2D eigenvalue weighted by atomic mass is 9.53. The molecule has 1 unspecified atom stereocenters. The molecule has 1 N–H and O–H groups in total. The van der Waals surface area contributed by atoms with E-state index in [4.69, 9.17) is 14.0 Å². The van der Waals surface area contributed by atoms with Gasteiger partial charge in [-0.05, 0) is 5.56 Å². The summed E-state index contributed by atoms with van der Waals surface area (Å²) < 4.78 is 15.9. The lowest BCUT2D eigenvalue weighted by Gasteiger charge is -2.67. The van der Waals surface area contributed by atoms with Gasteiger partial charge in [-0.25, -0.2) is 4.79 Å². The van der Waals surface area contributed by atoms with Crippen LogP contribution in [0.15, 0.2) is 47.2 Å². The number of nitrogens with zero attached hydrogens (tertiary/aromatic N) is 2. The number of carbonyl (C=O) groups is 1. The van der Waals surface area contributed by atoms with Crippen molar-refractivity contribution in [3.63, 3.8) is 0 Å². The van der Waals surface area contributed by atoms with Gasteiger partial charge in [0.1, 0.15) is 6.26 Å². The number of rotatable bonds is 4. The normalized spacial score (nSPS) is 23.0. The number of nitrogens with one attached hydrogen (secondary N) is 1. The minimum atomic E-state index is -0.540. The van der Waals surface area contributed by atoms with Crippen molar-refractivity contribution in [3.8, 4) is 0 Å². The van der Waals surface area contributed by atoms with Crippen molar-refractivity contribution in [1.82, 2.24) is 10.1 Å². The van der Waals surface area contributed by atoms with Gasteiger partial charge in [-0.1, -0.05) is 35.5 Å². The van der Waals surface area contributed by atoms with E-state index in [0.717, 1.165) is 18.4 Å². The molecule has 1 saturated heterocycles. The first-order valence-corrected chi connectivity index (χ1v) is 8.25. The Kier molecular flexibility index (Phi) is 3.77. The molecule has 1 aliphatic heterocycles. The van der Waals surface area contributed by atoms with Crippen molar-refractivity contribution >= 4 is 11.8 Å². The van der Waals surface area contributed by atoms with Crippen LogP contribution in [0, 0.1) is 5.41 Å². The summed E-state index contributed by atoms with van der Waals surface area (Å²) in [6.45, 7) is 0.657. The second-order valence-electron chi connectivity index (χ2n) is 6.79. The van der Waals surface area contributed by atoms with Crippen molar-refractivity contribution in [1.29, 1.82) is 0 Å². The fourth-order valence-electron chi connectivity index (χ4n) is 4.25. The zero-order valence-corrected chi connectivity index (χ0v) is 14.3. The van der Waals surface area contributed by atoms with Gasteiger partial charge in [-0.3, -0.25) is 5.32 Å². The highest BCUT2D eigenvalue weighted by molar-refractivity contribution is 5.89. The molecular weight excluding hydrogens is 322 g/mol. The van der Waals surface area contributed by atoms with Crippen LogP contribution in [0.1, 0.15) is 24.4 Å². The zero-order valence-electron chi connectivity index (χ0n) is 14.3. The number of hydrogen-bond acceptors (Lipinski definition) is 5. The molecule has 132 valence electrons. The van der Waals surface area contributed by atoms with Gasteiger partial charge in [0.05, 0.1) is 6.04 Å². The van der Waals surface area contributed by atoms with Crippen LogP contribution >= 0.6 is 0 Å². The summed E-state index contributed by atoms with van der Waals surface area (Å²) in [6, 6.07) is 11.5. The zero-order chi connectivity index (χ0) is 17.5. The Bertz CT molecular complexity index is 735. The van der Waals surface area contributed by atoms with Gasteiger partial charge in [0.15, 0.2) is 11.6 Å². The molecule has 1 aliphatic carbocycles. The molecule has 0 bridgehead atoms. The molecule has 4 rings (SSSR count). The number of ether oxygens (including phenoxy) is 2. The Labute approximate surface area is 145 Å². The van der Waals surface area contributed by atoms with Crippen LogP contribution in [0.5, 0.6) is 0 Å². The topological polar surface area (TPSA) is 76.8 Å². The molecule has 2 fully saturated rings. The summed E-state index contributed by atoms with van der Waals surface area (Å²) in [5.41, 5.74) is 1.10. The predicted octanol–water partition coefficient (Wildman–Crippen LogP) is 3.03. The first-order chi connectivity index (χ1) is 12.1. The molecule has 1 spiro atoms. The third-order valence-electron chi connectivity index (χ3n) is 5.41. The lowest BCUT2D eigenvalue weighted by Crippen LogP contribution is -2.71. The highest BCUT2D eigenvalue weighted by atomic mass is 16.7. The van der Waals surface area contributed by atoms with Crippen LogP contribution in [0.4, 0.5) is 10.6 Å². The molecule has 7 nitrogen and oxygen atoms in total. The molecule has 1 aromatic heterocycles. The van der Waals surface area contributed by atoms with Gasteiger partial charge in [-0.2, -0.15) is 0 Å². The molecule has 2 amide bonds. The number of hydrogen-bond donors (Lipinski definition) is 1. The first kappa shape index (κ1) is 16.1. The van der Waals surface area contributed by atoms with Gasteiger partial charge in [-0.15, -0.1) is 0 Å². The van der Waals surface area contributed by atoms with E-state index < -0.39 is 5.79 Å². The predicted molar refractivity (Wildman–Crippen MR) is 89.8 cm³/mol. The Morgan fingerprint density at radius 1 is 1.24 bits per heavy atom. The van der Waals surface area contributed by atoms with Crippen LogP contribution in [-0.2, 0) is 9.47 Å². The van der Waals surface area contributed by atoms with E-state index in [1.165, 1.54) is 6.26 Å². The molecule has 1 aromatic carbocycles. The minimum Gasteiger partial charge on any atom is -0.363 e. The largest absolute Gasteiger partial charge is 0.363 e. The summed E-state index contributed by atoms with van der Waals surface area (Å²) in [5, 5.41) is 6.52. The summed E-state index contributed by atoms with van der Waals surface area (Å²) >= 11 is 0. The average Bonchev–Trinajstić information content (AvgIpc) is 3.08. The number of carbonyl (C=O) groups excluding carboxylic acids is 1. The van der Waals surface area contributed by atoms with E-state index in [1.54, 1.807) is 20.3 Å². The van der Waals surface area contributed by atoms with Crippen molar-refractivity contribution in [3.05, 3.63) is 48.2 Å². The Balaban J connectivity index is 1.56. The first-order valence-electron chi connectivity index (χ1n) is 8.25. The van der Waals surface area contributed by atoms with E-state index in [0.29, 0.717) is 12.4 Å². The van der Waals surface area contributed by atoms with Crippen molar-refractivity contribution in [2.24, 2.45) is 5.41 Å². The molecule has 0 radical (unpaired) electrons. The Morgan fingerprint density at radius 2 is 1.96 bits per heavy atom. The Hall–Kier alpha value is -2.38. The van der Waals surface area contributed by atoms with Gasteiger partial charge in [0.25, 0.3) is 0 Å². The van der Waals surface area contributed by atoms with E-state index in [-0.39, 0.29) is 17.5 Å². The van der Waals surface area contributed by atoms with Gasteiger partial charge >= 0.3 is 6.03 Å². The van der Waals surface area contributed by atoms with E-state index in [9.17, 15) is 4.79 Å². The summed E-state index contributed by atoms with van der Waals surface area (Å²) in [7, 11) is 3.34. The van der Waals surface area contributed by atoms with Gasteiger partial charge in [0, 0.05) is 45.1 Å². The molecule has 25 heavy (non-hydrogen) atoms. The molecule has 7 heteroatoms. The maximum Gasteiger partial charge on any atom is 0.323 e. The Morgan fingerprint density at radius 3 is 2.56 bits per heavy atom. The second kappa shape index (κ2) is 5.86. The molecule has 2 aliphatic rings. The van der Waals surface area contributed by atoms with Crippen LogP contribution in [0.2, 0.25) is 0 Å². The quantitative estimate of drug-likeness (QED) is 0.864. The van der Waals surface area contributed by atoms with Crippen LogP contribution < -0.4 is 5.32 Å². The fourth-order valence-corrected chi connectivity index (χ4v) is 4.25. The highest BCUT2D eigenvalue weighted by Gasteiger charge is 2.67. The number of methoxy groups -OCH3 is 2. The summed E-state index contributed by atoms with van der Waals surface area (Å²) in [5.74, 6) is -0.128. The monoisotopic (exact) mass is 343 g/mol. The maximum atomic E-state index is 12.7. The number of urea groups is 1. The number of likely N-dealkylation sites (tertiary alicyclic amines) is 1. The fraction of sp³-hybridized carbons (Fsp3) is 0.444. The smallest absolute Gasteiger partial charge is 0.323 e. The third-order valence-corrected chi connectivity index (χ3v) is 5.41. The van der Waals surface area contributed by atoms with Gasteiger partial charge in [0.2, 0.25) is 0 Å². The summed E-state index contributed by atoms with van der Waals surface area (Å²) in [6.07, 6.45) is 2.96. The van der Waals surface area contributed by atoms with Crippen molar-refractivity contribution in [2.75, 3.05) is 26.1 Å². The van der Waals surface area contributed by atoms with E-state index in [2.05, 4.69) is 22.6 Å². The highest BCUT2D eigenvalue weighted by Crippen LogP contribution is 2.65. The van der Waals surface area contributed by atoms with Crippen LogP contribution in [-0.4, -0.2) is 42.6 Å². The number of amides is 2. The number of aromatic nitrogens is 1. The van der Waals surface area contributed by atoms with E-state index >= 15 is 0 Å². The molecule has 2 aromatic rings. The minimum absolute atomic E-state index is 0.0148. The molecule has 1 atom stereocenters. The molecule has 1 saturated carbocycles. The average molecular weight is 343 g/mol. The lowest BCUT2D eigenvalue weighted by molar-refractivity contribution is -0.329. The maximum absolute atomic E-state index is 12.7. The van der Waals surface area contributed by atoms with Gasteiger partial charge < -0.3 is 18.9 Å². The standard InChI is InChI=1S/C18H21N3O4/c1-23-18(24-2)10-17(11-18)12-21(15(17)13-6-4-3-5-7-13)16(22)19-14-8-9-25-20-14/h3-9,15H,10-12H2,1-2H3,(H,19,20,22). The second-order valence-corrected chi connectivity index (χ2v) is 6.79. The SMILES string of the molecule is COC1(OC)CC2(CN(C(=O)Nc3ccon3)C2c2ccccc2)C1. The van der Waals surface area contributed by atoms with E-state index in [1.807, 2.05) is 23.1 Å². The number of benzene rings is 1. The van der Waals surface area contributed by atoms with Crippen LogP contribution in [0.3, 0.4) is 0 Å². The third kappa shape index (κ3) is 2.51. The van der Waals surface area contributed by atoms with Crippen LogP contribution in [0.25, 0.3) is 0 Å². The number of anilines is 1. The van der Waals surface area contributed by atoms with Crippen molar-refractivity contribution < 1.29 is 18.8 Å². The van der Waals surface area contributed by atoms with Crippen molar-refractivity contribution in [2.45, 2.75) is 24.7 Å². The molecule has 2 heterocycles. The summed E-state index contributed by atoms with van der Waals surface area (Å²) in [4.78, 5) is 14.5.